The highest BCUT2D eigenvalue weighted by Crippen LogP contribution is 2.16. The van der Waals surface area contributed by atoms with Crippen LogP contribution in [0.25, 0.3) is 0 Å². The quantitative estimate of drug-likeness (QED) is 0.772. The van der Waals surface area contributed by atoms with Gasteiger partial charge in [0.25, 0.3) is 5.91 Å². The van der Waals surface area contributed by atoms with E-state index in [0.717, 1.165) is 19.3 Å². The van der Waals surface area contributed by atoms with Gasteiger partial charge in [0, 0.05) is 25.9 Å². The Labute approximate surface area is 153 Å². The Hall–Kier alpha value is -2.73. The number of nitrogens with two attached hydrogens (primary N) is 1. The molecule has 2 N–H and O–H groups in total. The highest BCUT2D eigenvalue weighted by atomic mass is 16.5. The van der Waals surface area contributed by atoms with Crippen molar-refractivity contribution in [3.8, 4) is 0 Å². The number of ether oxygens (including phenoxy) is 1. The van der Waals surface area contributed by atoms with E-state index in [9.17, 15) is 9.59 Å². The molecule has 1 aromatic heterocycles. The second-order valence-electron chi connectivity index (χ2n) is 6.42. The first kappa shape index (κ1) is 18.1. The molecular weight excluding hydrogens is 330 g/mol. The predicted octanol–water partition coefficient (Wildman–Crippen LogP) is 2.04. The highest BCUT2D eigenvalue weighted by Gasteiger charge is 2.28. The van der Waals surface area contributed by atoms with Crippen LogP contribution in [0.15, 0.2) is 48.7 Å². The molecule has 0 aliphatic carbocycles. The highest BCUT2D eigenvalue weighted by molar-refractivity contribution is 5.95. The lowest BCUT2D eigenvalue weighted by atomic mass is 10.1. The van der Waals surface area contributed by atoms with E-state index in [4.69, 9.17) is 10.5 Å². The molecule has 3 rings (SSSR count). The smallest absolute Gasteiger partial charge is 0.272 e. The molecule has 6 nitrogen and oxygen atoms in total. The zero-order valence-electron chi connectivity index (χ0n) is 14.6. The molecule has 1 aliphatic heterocycles. The van der Waals surface area contributed by atoms with E-state index >= 15 is 0 Å². The third kappa shape index (κ3) is 4.67. The Bertz CT molecular complexity index is 747. The molecule has 2 heterocycles. The van der Waals surface area contributed by atoms with Gasteiger partial charge in [-0.05, 0) is 37.0 Å². The standard InChI is InChI=1S/C20H23N3O3/c21-19(24)16-8-9-18(22-13-16)20(25)23-11-10-17(14-23)26-12-4-7-15-5-2-1-3-6-15/h1-3,5-6,8-9,13,17H,4,7,10-12,14H2,(H2,21,24). The van der Waals surface area contributed by atoms with Crippen molar-refractivity contribution in [2.75, 3.05) is 19.7 Å². The number of aromatic nitrogens is 1. The first-order chi connectivity index (χ1) is 12.6. The molecule has 136 valence electrons. The van der Waals surface area contributed by atoms with Crippen molar-refractivity contribution in [2.45, 2.75) is 25.4 Å². The molecule has 1 aliphatic rings. The minimum atomic E-state index is -0.554. The molecule has 1 saturated heterocycles. The van der Waals surface area contributed by atoms with E-state index < -0.39 is 5.91 Å². The number of nitrogens with zero attached hydrogens (tertiary/aromatic N) is 2. The Balaban J connectivity index is 1.43. The average molecular weight is 353 g/mol. The number of amides is 2. The van der Waals surface area contributed by atoms with Crippen molar-refractivity contribution in [1.29, 1.82) is 0 Å². The summed E-state index contributed by atoms with van der Waals surface area (Å²) in [6, 6.07) is 13.4. The summed E-state index contributed by atoms with van der Waals surface area (Å²) in [6.07, 6.45) is 4.19. The number of hydrogen-bond acceptors (Lipinski definition) is 4. The summed E-state index contributed by atoms with van der Waals surface area (Å²) in [5, 5.41) is 0. The average Bonchev–Trinajstić information content (AvgIpc) is 3.14. The zero-order valence-corrected chi connectivity index (χ0v) is 14.6. The molecule has 0 spiro atoms. The van der Waals surface area contributed by atoms with Crippen LogP contribution in [0.3, 0.4) is 0 Å². The maximum Gasteiger partial charge on any atom is 0.272 e. The molecule has 6 heteroatoms. The Morgan fingerprint density at radius 1 is 1.19 bits per heavy atom. The minimum absolute atomic E-state index is 0.0691. The van der Waals surface area contributed by atoms with Crippen LogP contribution in [0.1, 0.15) is 39.3 Å². The molecule has 1 unspecified atom stereocenters. The number of carbonyl (C=O) groups is 2. The lowest BCUT2D eigenvalue weighted by molar-refractivity contribution is 0.0523. The van der Waals surface area contributed by atoms with Gasteiger partial charge in [0.05, 0.1) is 11.7 Å². The number of primary amides is 1. The van der Waals surface area contributed by atoms with E-state index in [1.807, 2.05) is 18.2 Å². The normalized spacial score (nSPS) is 16.6. The maximum atomic E-state index is 12.5. The Kier molecular flexibility index (Phi) is 5.96. The number of aryl methyl sites for hydroxylation is 1. The molecule has 1 atom stereocenters. The van der Waals surface area contributed by atoms with Crippen molar-refractivity contribution in [3.05, 3.63) is 65.5 Å². The van der Waals surface area contributed by atoms with Crippen molar-refractivity contribution >= 4 is 11.8 Å². The lowest BCUT2D eigenvalue weighted by Crippen LogP contribution is -2.31. The first-order valence-corrected chi connectivity index (χ1v) is 8.84. The first-order valence-electron chi connectivity index (χ1n) is 8.84. The van der Waals surface area contributed by atoms with Gasteiger partial charge in [-0.25, -0.2) is 0 Å². The van der Waals surface area contributed by atoms with Crippen molar-refractivity contribution in [1.82, 2.24) is 9.88 Å². The molecule has 0 bridgehead atoms. The summed E-state index contributed by atoms with van der Waals surface area (Å²) in [7, 11) is 0. The minimum Gasteiger partial charge on any atom is -0.376 e. The fraction of sp³-hybridized carbons (Fsp3) is 0.350. The van der Waals surface area contributed by atoms with E-state index in [2.05, 4.69) is 17.1 Å². The predicted molar refractivity (Wildman–Crippen MR) is 97.8 cm³/mol. The Morgan fingerprint density at radius 3 is 2.69 bits per heavy atom. The number of hydrogen-bond donors (Lipinski definition) is 1. The fourth-order valence-electron chi connectivity index (χ4n) is 3.05. The van der Waals surface area contributed by atoms with Gasteiger partial charge in [0.15, 0.2) is 0 Å². The summed E-state index contributed by atoms with van der Waals surface area (Å²) >= 11 is 0. The number of benzene rings is 1. The fourth-order valence-corrected chi connectivity index (χ4v) is 3.05. The third-order valence-electron chi connectivity index (χ3n) is 4.51. The number of pyridine rings is 1. The van der Waals surface area contributed by atoms with Gasteiger partial charge >= 0.3 is 0 Å². The van der Waals surface area contributed by atoms with E-state index in [1.54, 1.807) is 4.90 Å². The summed E-state index contributed by atoms with van der Waals surface area (Å²) in [6.45, 7) is 1.91. The van der Waals surface area contributed by atoms with E-state index in [0.29, 0.717) is 31.0 Å². The topological polar surface area (TPSA) is 85.5 Å². The van der Waals surface area contributed by atoms with Crippen LogP contribution in [0, 0.1) is 0 Å². The summed E-state index contributed by atoms with van der Waals surface area (Å²) in [4.78, 5) is 29.3. The van der Waals surface area contributed by atoms with Gasteiger partial charge in [-0.1, -0.05) is 30.3 Å². The van der Waals surface area contributed by atoms with Crippen molar-refractivity contribution < 1.29 is 14.3 Å². The van der Waals surface area contributed by atoms with Crippen LogP contribution in [0.2, 0.25) is 0 Å². The van der Waals surface area contributed by atoms with Gasteiger partial charge < -0.3 is 15.4 Å². The number of carbonyl (C=O) groups excluding carboxylic acids is 2. The van der Waals surface area contributed by atoms with Gasteiger partial charge in [-0.3, -0.25) is 14.6 Å². The van der Waals surface area contributed by atoms with Crippen molar-refractivity contribution in [2.24, 2.45) is 5.73 Å². The molecule has 26 heavy (non-hydrogen) atoms. The van der Waals surface area contributed by atoms with Crippen LogP contribution in [0.4, 0.5) is 0 Å². The van der Waals surface area contributed by atoms with Crippen LogP contribution in [-0.4, -0.2) is 47.5 Å². The molecule has 2 aromatic rings. The van der Waals surface area contributed by atoms with Crippen LogP contribution < -0.4 is 5.73 Å². The maximum absolute atomic E-state index is 12.5. The van der Waals surface area contributed by atoms with E-state index in [1.165, 1.54) is 23.9 Å². The SMILES string of the molecule is NC(=O)c1ccc(C(=O)N2CCC(OCCCc3ccccc3)C2)nc1. The Morgan fingerprint density at radius 2 is 2.00 bits per heavy atom. The van der Waals surface area contributed by atoms with Gasteiger partial charge in [0.1, 0.15) is 5.69 Å². The zero-order chi connectivity index (χ0) is 18.4. The van der Waals surface area contributed by atoms with Crippen molar-refractivity contribution in [3.63, 3.8) is 0 Å². The second-order valence-corrected chi connectivity index (χ2v) is 6.42. The third-order valence-corrected chi connectivity index (χ3v) is 4.51. The van der Waals surface area contributed by atoms with Crippen LogP contribution in [0.5, 0.6) is 0 Å². The molecule has 0 saturated carbocycles. The number of likely N-dealkylation sites (tertiary alicyclic amines) is 1. The lowest BCUT2D eigenvalue weighted by Gasteiger charge is -2.16. The molecule has 2 amide bonds. The molecular formula is C20H23N3O3. The van der Waals surface area contributed by atoms with E-state index in [-0.39, 0.29) is 12.0 Å². The number of rotatable bonds is 7. The summed E-state index contributed by atoms with van der Waals surface area (Å²) in [5.74, 6) is -0.696. The molecule has 1 fully saturated rings. The van der Waals surface area contributed by atoms with Gasteiger partial charge in [-0.15, -0.1) is 0 Å². The van der Waals surface area contributed by atoms with Gasteiger partial charge in [0.2, 0.25) is 5.91 Å². The summed E-state index contributed by atoms with van der Waals surface area (Å²) in [5.41, 5.74) is 7.11. The second kappa shape index (κ2) is 8.58. The molecule has 0 radical (unpaired) electrons. The largest absolute Gasteiger partial charge is 0.376 e. The molecule has 1 aromatic carbocycles. The van der Waals surface area contributed by atoms with Crippen LogP contribution in [-0.2, 0) is 11.2 Å². The summed E-state index contributed by atoms with van der Waals surface area (Å²) < 4.78 is 5.92. The monoisotopic (exact) mass is 353 g/mol. The van der Waals surface area contributed by atoms with Gasteiger partial charge in [-0.2, -0.15) is 0 Å². The van der Waals surface area contributed by atoms with Crippen LogP contribution >= 0.6 is 0 Å².